The molecule has 1 N–H and O–H groups in total. The summed E-state index contributed by atoms with van der Waals surface area (Å²) in [5, 5.41) is 11.3. The largest absolute Gasteiger partial charge is 0.497 e. The zero-order valence-corrected chi connectivity index (χ0v) is 13.6. The van der Waals surface area contributed by atoms with Crippen molar-refractivity contribution in [3.05, 3.63) is 60.2 Å². The van der Waals surface area contributed by atoms with E-state index in [9.17, 15) is 4.79 Å². The molecule has 0 radical (unpaired) electrons. The molecule has 0 spiro atoms. The van der Waals surface area contributed by atoms with Crippen LogP contribution in [0.4, 0.5) is 5.69 Å². The third-order valence-electron chi connectivity index (χ3n) is 3.48. The minimum atomic E-state index is -0.140. The molecular formula is C17H19N5O2. The maximum Gasteiger partial charge on any atom is 0.246 e. The zero-order chi connectivity index (χ0) is 16.9. The second-order valence-corrected chi connectivity index (χ2v) is 5.48. The number of rotatable bonds is 6. The van der Waals surface area contributed by atoms with Crippen molar-refractivity contribution >= 4 is 11.6 Å². The number of aryl methyl sites for hydroxylation is 1. The van der Waals surface area contributed by atoms with Gasteiger partial charge in [-0.1, -0.05) is 12.1 Å². The summed E-state index contributed by atoms with van der Waals surface area (Å²) in [7, 11) is 1.64. The fraction of sp³-hybridized carbons (Fsp3) is 0.235. The van der Waals surface area contributed by atoms with Crippen molar-refractivity contribution in [2.45, 2.75) is 20.0 Å². The van der Waals surface area contributed by atoms with Crippen molar-refractivity contribution in [2.75, 3.05) is 12.4 Å². The molecule has 3 aromatic rings. The topological polar surface area (TPSA) is 74.0 Å². The van der Waals surface area contributed by atoms with Crippen molar-refractivity contribution in [2.24, 2.45) is 0 Å². The van der Waals surface area contributed by atoms with E-state index in [4.69, 9.17) is 4.74 Å². The summed E-state index contributed by atoms with van der Waals surface area (Å²) in [5.41, 5.74) is 2.61. The number of nitrogens with zero attached hydrogens (tertiary/aromatic N) is 4. The van der Waals surface area contributed by atoms with Gasteiger partial charge in [-0.2, -0.15) is 10.2 Å². The van der Waals surface area contributed by atoms with Crippen LogP contribution in [0.2, 0.25) is 0 Å². The van der Waals surface area contributed by atoms with Crippen LogP contribution in [0.25, 0.3) is 0 Å². The lowest BCUT2D eigenvalue weighted by Gasteiger charge is -2.05. The van der Waals surface area contributed by atoms with Crippen LogP contribution in [-0.2, 0) is 17.9 Å². The molecule has 0 bridgehead atoms. The van der Waals surface area contributed by atoms with Gasteiger partial charge in [-0.05, 0) is 30.7 Å². The van der Waals surface area contributed by atoms with Gasteiger partial charge in [0.1, 0.15) is 12.3 Å². The van der Waals surface area contributed by atoms with E-state index in [1.165, 1.54) is 0 Å². The Balaban J connectivity index is 1.59. The van der Waals surface area contributed by atoms with Gasteiger partial charge in [0.2, 0.25) is 5.91 Å². The normalized spacial score (nSPS) is 10.6. The van der Waals surface area contributed by atoms with E-state index in [1.54, 1.807) is 35.1 Å². The van der Waals surface area contributed by atoms with Gasteiger partial charge in [-0.3, -0.25) is 14.2 Å². The summed E-state index contributed by atoms with van der Waals surface area (Å²) in [4.78, 5) is 12.0. The van der Waals surface area contributed by atoms with E-state index in [2.05, 4.69) is 15.5 Å². The van der Waals surface area contributed by atoms with Gasteiger partial charge in [0.05, 0.1) is 31.2 Å². The molecule has 124 valence electrons. The van der Waals surface area contributed by atoms with Gasteiger partial charge >= 0.3 is 0 Å². The maximum absolute atomic E-state index is 12.0. The van der Waals surface area contributed by atoms with Gasteiger partial charge in [0.25, 0.3) is 0 Å². The number of anilines is 1. The van der Waals surface area contributed by atoms with Crippen molar-refractivity contribution < 1.29 is 9.53 Å². The molecule has 0 saturated carbocycles. The lowest BCUT2D eigenvalue weighted by Crippen LogP contribution is -2.18. The molecule has 1 amide bonds. The fourth-order valence-corrected chi connectivity index (χ4v) is 2.37. The van der Waals surface area contributed by atoms with Crippen molar-refractivity contribution in [1.29, 1.82) is 0 Å². The van der Waals surface area contributed by atoms with E-state index in [0.29, 0.717) is 12.2 Å². The van der Waals surface area contributed by atoms with Gasteiger partial charge in [-0.15, -0.1) is 0 Å². The third kappa shape index (κ3) is 4.01. The first-order valence-corrected chi connectivity index (χ1v) is 7.57. The second-order valence-electron chi connectivity index (χ2n) is 5.48. The van der Waals surface area contributed by atoms with Crippen LogP contribution >= 0.6 is 0 Å². The highest BCUT2D eigenvalue weighted by Gasteiger charge is 2.07. The van der Waals surface area contributed by atoms with Crippen molar-refractivity contribution in [1.82, 2.24) is 19.6 Å². The summed E-state index contributed by atoms with van der Waals surface area (Å²) in [6.45, 7) is 2.66. The van der Waals surface area contributed by atoms with Crippen LogP contribution in [0.15, 0.2) is 48.9 Å². The highest BCUT2D eigenvalue weighted by molar-refractivity contribution is 5.90. The summed E-state index contributed by atoms with van der Waals surface area (Å²) >= 11 is 0. The molecule has 0 aliphatic rings. The minimum absolute atomic E-state index is 0.140. The Morgan fingerprint density at radius 3 is 2.92 bits per heavy atom. The van der Waals surface area contributed by atoms with E-state index in [-0.39, 0.29) is 12.5 Å². The average Bonchev–Trinajstić information content (AvgIpc) is 3.16. The molecule has 3 rings (SSSR count). The Labute approximate surface area is 139 Å². The van der Waals surface area contributed by atoms with Gasteiger partial charge in [-0.25, -0.2) is 0 Å². The number of carbonyl (C=O) groups is 1. The minimum Gasteiger partial charge on any atom is -0.497 e. The number of hydrogen-bond acceptors (Lipinski definition) is 4. The van der Waals surface area contributed by atoms with Crippen LogP contribution in [0, 0.1) is 6.92 Å². The number of carbonyl (C=O) groups excluding carboxylic acids is 1. The van der Waals surface area contributed by atoms with E-state index in [1.807, 2.05) is 37.3 Å². The number of nitrogens with one attached hydrogen (secondary N) is 1. The molecule has 0 saturated heterocycles. The maximum atomic E-state index is 12.0. The van der Waals surface area contributed by atoms with Crippen LogP contribution in [0.3, 0.4) is 0 Å². The first kappa shape index (κ1) is 15.8. The first-order chi connectivity index (χ1) is 11.6. The Morgan fingerprint density at radius 1 is 1.29 bits per heavy atom. The third-order valence-corrected chi connectivity index (χ3v) is 3.48. The van der Waals surface area contributed by atoms with Gasteiger partial charge in [0.15, 0.2) is 0 Å². The van der Waals surface area contributed by atoms with Crippen LogP contribution in [0.1, 0.15) is 11.3 Å². The molecule has 0 fully saturated rings. The molecule has 7 nitrogen and oxygen atoms in total. The highest BCUT2D eigenvalue weighted by atomic mass is 16.5. The molecular weight excluding hydrogens is 306 g/mol. The Hall–Kier alpha value is -3.09. The lowest BCUT2D eigenvalue weighted by molar-refractivity contribution is -0.116. The zero-order valence-electron chi connectivity index (χ0n) is 13.6. The van der Waals surface area contributed by atoms with Gasteiger partial charge in [0, 0.05) is 12.4 Å². The molecule has 2 heterocycles. The monoisotopic (exact) mass is 325 g/mol. The van der Waals surface area contributed by atoms with Crippen molar-refractivity contribution in [3.63, 3.8) is 0 Å². The number of benzene rings is 1. The van der Waals surface area contributed by atoms with Crippen LogP contribution < -0.4 is 10.1 Å². The summed E-state index contributed by atoms with van der Waals surface area (Å²) in [6.07, 6.45) is 5.21. The first-order valence-electron chi connectivity index (χ1n) is 7.57. The molecule has 0 aliphatic carbocycles. The molecule has 7 heteroatoms. The SMILES string of the molecule is COc1cccc(Cn2cc(NC(=O)Cn3ccc(C)n3)cn2)c1. The number of aromatic nitrogens is 4. The quantitative estimate of drug-likeness (QED) is 0.753. The van der Waals surface area contributed by atoms with Crippen LogP contribution in [-0.4, -0.2) is 32.6 Å². The lowest BCUT2D eigenvalue weighted by atomic mass is 10.2. The molecule has 0 atom stereocenters. The van der Waals surface area contributed by atoms with E-state index >= 15 is 0 Å². The predicted molar refractivity (Wildman–Crippen MR) is 89.9 cm³/mol. The number of hydrogen-bond donors (Lipinski definition) is 1. The predicted octanol–water partition coefficient (Wildman–Crippen LogP) is 2.08. The molecule has 2 aromatic heterocycles. The smallest absolute Gasteiger partial charge is 0.246 e. The summed E-state index contributed by atoms with van der Waals surface area (Å²) in [5.74, 6) is 0.668. The molecule has 24 heavy (non-hydrogen) atoms. The molecule has 0 unspecified atom stereocenters. The average molecular weight is 325 g/mol. The van der Waals surface area contributed by atoms with Crippen molar-refractivity contribution in [3.8, 4) is 5.75 Å². The standard InChI is InChI=1S/C17H19N5O2/c1-13-6-7-21(20-13)12-17(23)19-15-9-18-22(11-15)10-14-4-3-5-16(8-14)24-2/h3-9,11H,10,12H2,1-2H3,(H,19,23). The van der Waals surface area contributed by atoms with E-state index < -0.39 is 0 Å². The number of amides is 1. The van der Waals surface area contributed by atoms with Crippen LogP contribution in [0.5, 0.6) is 5.75 Å². The Kier molecular flexibility index (Phi) is 4.60. The summed E-state index contributed by atoms with van der Waals surface area (Å²) in [6, 6.07) is 9.66. The van der Waals surface area contributed by atoms with E-state index in [0.717, 1.165) is 17.0 Å². The Morgan fingerprint density at radius 2 is 2.17 bits per heavy atom. The number of ether oxygens (including phenoxy) is 1. The highest BCUT2D eigenvalue weighted by Crippen LogP contribution is 2.14. The second kappa shape index (κ2) is 6.99. The Bertz CT molecular complexity index is 837. The van der Waals surface area contributed by atoms with Gasteiger partial charge < -0.3 is 10.1 Å². The molecule has 0 aliphatic heterocycles. The fourth-order valence-electron chi connectivity index (χ4n) is 2.37. The number of methoxy groups -OCH3 is 1. The summed E-state index contributed by atoms with van der Waals surface area (Å²) < 4.78 is 8.58. The molecule has 1 aromatic carbocycles.